The molecule has 104 valence electrons. The van der Waals surface area contributed by atoms with Crippen molar-refractivity contribution in [2.24, 2.45) is 0 Å². The first-order valence-corrected chi connectivity index (χ1v) is 7.26. The molecule has 4 heteroatoms. The third-order valence-electron chi connectivity index (χ3n) is 3.78. The van der Waals surface area contributed by atoms with Crippen LogP contribution in [0.1, 0.15) is 39.0 Å². The summed E-state index contributed by atoms with van der Waals surface area (Å²) in [7, 11) is 0. The van der Waals surface area contributed by atoms with E-state index in [-0.39, 0.29) is 11.4 Å². The minimum atomic E-state index is -0.0418. The lowest BCUT2D eigenvalue weighted by Crippen LogP contribution is -2.47. The first kappa shape index (κ1) is 14.4. The molecule has 3 nitrogen and oxygen atoms in total. The lowest BCUT2D eigenvalue weighted by molar-refractivity contribution is -0.115. The lowest BCUT2D eigenvalue weighted by atomic mass is 9.83. The molecule has 1 saturated carbocycles. The summed E-state index contributed by atoms with van der Waals surface area (Å²) in [6, 6.07) is 7.28. The number of nitrogens with one attached hydrogen (secondary N) is 2. The Morgan fingerprint density at radius 3 is 2.63 bits per heavy atom. The van der Waals surface area contributed by atoms with Gasteiger partial charge in [-0.25, -0.2) is 0 Å². The zero-order valence-electron chi connectivity index (χ0n) is 11.3. The normalized spacial score (nSPS) is 18.0. The monoisotopic (exact) mass is 280 g/mol. The number of benzene rings is 1. The van der Waals surface area contributed by atoms with Gasteiger partial charge in [-0.1, -0.05) is 43.0 Å². The second kappa shape index (κ2) is 6.40. The van der Waals surface area contributed by atoms with Gasteiger partial charge in [-0.05, 0) is 31.9 Å². The summed E-state index contributed by atoms with van der Waals surface area (Å²) >= 11 is 6.01. The predicted molar refractivity (Wildman–Crippen MR) is 79.6 cm³/mol. The van der Waals surface area contributed by atoms with Crippen molar-refractivity contribution in [1.29, 1.82) is 0 Å². The summed E-state index contributed by atoms with van der Waals surface area (Å²) < 4.78 is 0. The quantitative estimate of drug-likeness (QED) is 0.885. The Bertz CT molecular complexity index is 442. The highest BCUT2D eigenvalue weighted by Gasteiger charge is 2.26. The van der Waals surface area contributed by atoms with E-state index in [0.29, 0.717) is 17.3 Å². The fraction of sp³-hybridized carbons (Fsp3) is 0.533. The van der Waals surface area contributed by atoms with Gasteiger partial charge in [-0.15, -0.1) is 0 Å². The van der Waals surface area contributed by atoms with Crippen molar-refractivity contribution in [2.75, 3.05) is 11.9 Å². The zero-order chi connectivity index (χ0) is 13.7. The summed E-state index contributed by atoms with van der Waals surface area (Å²) in [6.07, 6.45) is 6.09. The maximum atomic E-state index is 11.9. The smallest absolute Gasteiger partial charge is 0.238 e. The van der Waals surface area contributed by atoms with Crippen molar-refractivity contribution in [1.82, 2.24) is 5.32 Å². The largest absolute Gasteiger partial charge is 0.324 e. The van der Waals surface area contributed by atoms with Crippen LogP contribution in [0.2, 0.25) is 5.02 Å². The molecule has 0 unspecified atom stereocenters. The number of hydrogen-bond donors (Lipinski definition) is 2. The summed E-state index contributed by atoms with van der Waals surface area (Å²) in [4.78, 5) is 11.9. The van der Waals surface area contributed by atoms with Crippen LogP contribution in [0.15, 0.2) is 24.3 Å². The molecule has 0 bridgehead atoms. The van der Waals surface area contributed by atoms with Crippen molar-refractivity contribution in [3.05, 3.63) is 29.3 Å². The summed E-state index contributed by atoms with van der Waals surface area (Å²) in [5.41, 5.74) is 0.778. The van der Waals surface area contributed by atoms with Gasteiger partial charge in [0.1, 0.15) is 0 Å². The van der Waals surface area contributed by atoms with Crippen LogP contribution in [0.4, 0.5) is 5.69 Å². The standard InChI is InChI=1S/C15H21ClN2O/c1-15(9-5-2-6-10-15)17-11-14(19)18-13-8-4-3-7-12(13)16/h3-4,7-8,17H,2,5-6,9-11H2,1H3,(H,18,19). The lowest BCUT2D eigenvalue weighted by Gasteiger charge is -2.34. The molecule has 2 rings (SSSR count). The minimum Gasteiger partial charge on any atom is -0.324 e. The molecule has 0 saturated heterocycles. The Morgan fingerprint density at radius 2 is 1.95 bits per heavy atom. The minimum absolute atomic E-state index is 0.0418. The van der Waals surface area contributed by atoms with Crippen LogP contribution >= 0.6 is 11.6 Å². The molecule has 1 aliphatic carbocycles. The van der Waals surface area contributed by atoms with E-state index in [0.717, 1.165) is 12.8 Å². The van der Waals surface area contributed by atoms with E-state index in [9.17, 15) is 4.79 Å². The number of hydrogen-bond acceptors (Lipinski definition) is 2. The van der Waals surface area contributed by atoms with E-state index in [4.69, 9.17) is 11.6 Å². The number of rotatable bonds is 4. The molecule has 2 N–H and O–H groups in total. The fourth-order valence-corrected chi connectivity index (χ4v) is 2.74. The van der Waals surface area contributed by atoms with E-state index in [1.54, 1.807) is 6.07 Å². The first-order valence-electron chi connectivity index (χ1n) is 6.88. The molecule has 0 atom stereocenters. The molecule has 1 amide bonds. The molecule has 1 aliphatic rings. The summed E-state index contributed by atoms with van der Waals surface area (Å²) in [5.74, 6) is -0.0418. The zero-order valence-corrected chi connectivity index (χ0v) is 12.1. The second-order valence-corrected chi connectivity index (χ2v) is 5.91. The van der Waals surface area contributed by atoms with Gasteiger partial charge in [0, 0.05) is 5.54 Å². The Hall–Kier alpha value is -1.06. The van der Waals surface area contributed by atoms with Gasteiger partial charge in [0.2, 0.25) is 5.91 Å². The van der Waals surface area contributed by atoms with Crippen LogP contribution in [0.3, 0.4) is 0 Å². The molecule has 0 aliphatic heterocycles. The van der Waals surface area contributed by atoms with E-state index in [1.807, 2.05) is 18.2 Å². The first-order chi connectivity index (χ1) is 9.09. The van der Waals surface area contributed by atoms with E-state index in [2.05, 4.69) is 17.6 Å². The molecular formula is C15H21ClN2O. The number of carbonyl (C=O) groups excluding carboxylic acids is 1. The Labute approximate surface area is 119 Å². The van der Waals surface area contributed by atoms with Crippen LogP contribution in [0.5, 0.6) is 0 Å². The average molecular weight is 281 g/mol. The van der Waals surface area contributed by atoms with Gasteiger partial charge in [-0.3, -0.25) is 4.79 Å². The molecule has 0 spiro atoms. The predicted octanol–water partition coefficient (Wildman–Crippen LogP) is 3.59. The van der Waals surface area contributed by atoms with Crippen LogP contribution in [0, 0.1) is 0 Å². The fourth-order valence-electron chi connectivity index (χ4n) is 2.56. The summed E-state index contributed by atoms with van der Waals surface area (Å²) in [6.45, 7) is 2.54. The molecule has 1 aromatic carbocycles. The average Bonchev–Trinajstić information content (AvgIpc) is 2.40. The van der Waals surface area contributed by atoms with Crippen LogP contribution in [0.25, 0.3) is 0 Å². The number of amides is 1. The van der Waals surface area contributed by atoms with Gasteiger partial charge < -0.3 is 10.6 Å². The van der Waals surface area contributed by atoms with Crippen LogP contribution in [-0.4, -0.2) is 18.0 Å². The van der Waals surface area contributed by atoms with E-state index >= 15 is 0 Å². The number of anilines is 1. The van der Waals surface area contributed by atoms with Crippen molar-refractivity contribution in [2.45, 2.75) is 44.6 Å². The molecule has 1 fully saturated rings. The second-order valence-electron chi connectivity index (χ2n) is 5.50. The Morgan fingerprint density at radius 1 is 1.26 bits per heavy atom. The van der Waals surface area contributed by atoms with Crippen LogP contribution in [-0.2, 0) is 4.79 Å². The van der Waals surface area contributed by atoms with Gasteiger partial charge >= 0.3 is 0 Å². The third kappa shape index (κ3) is 4.22. The van der Waals surface area contributed by atoms with Gasteiger partial charge in [-0.2, -0.15) is 0 Å². The van der Waals surface area contributed by atoms with E-state index in [1.165, 1.54) is 19.3 Å². The van der Waals surface area contributed by atoms with E-state index < -0.39 is 0 Å². The Balaban J connectivity index is 1.83. The maximum absolute atomic E-state index is 11.9. The third-order valence-corrected chi connectivity index (χ3v) is 4.11. The van der Waals surface area contributed by atoms with Gasteiger partial charge in [0.05, 0.1) is 17.3 Å². The van der Waals surface area contributed by atoms with Gasteiger partial charge in [0.25, 0.3) is 0 Å². The van der Waals surface area contributed by atoms with Crippen LogP contribution < -0.4 is 10.6 Å². The molecular weight excluding hydrogens is 260 g/mol. The molecule has 0 radical (unpaired) electrons. The highest BCUT2D eigenvalue weighted by molar-refractivity contribution is 6.33. The molecule has 1 aromatic rings. The summed E-state index contributed by atoms with van der Waals surface area (Å²) in [5, 5.41) is 6.79. The molecule has 0 heterocycles. The maximum Gasteiger partial charge on any atom is 0.238 e. The van der Waals surface area contributed by atoms with Crippen molar-refractivity contribution < 1.29 is 4.79 Å². The SMILES string of the molecule is CC1(NCC(=O)Nc2ccccc2Cl)CCCCC1. The Kier molecular flexibility index (Phi) is 4.83. The molecule has 0 aromatic heterocycles. The van der Waals surface area contributed by atoms with Crippen molar-refractivity contribution in [3.8, 4) is 0 Å². The highest BCUT2D eigenvalue weighted by Crippen LogP contribution is 2.27. The van der Waals surface area contributed by atoms with Gasteiger partial charge in [0.15, 0.2) is 0 Å². The highest BCUT2D eigenvalue weighted by atomic mass is 35.5. The number of carbonyl (C=O) groups is 1. The number of para-hydroxylation sites is 1. The number of halogens is 1. The van der Waals surface area contributed by atoms with Crippen molar-refractivity contribution >= 4 is 23.2 Å². The topological polar surface area (TPSA) is 41.1 Å². The van der Waals surface area contributed by atoms with Crippen molar-refractivity contribution in [3.63, 3.8) is 0 Å². The molecule has 19 heavy (non-hydrogen) atoms.